The molecule has 2 atom stereocenters. The Morgan fingerprint density at radius 1 is 1.35 bits per heavy atom. The molecule has 1 unspecified atom stereocenters. The summed E-state index contributed by atoms with van der Waals surface area (Å²) >= 11 is 0. The molecule has 20 heavy (non-hydrogen) atoms. The van der Waals surface area contributed by atoms with Gasteiger partial charge in [0, 0.05) is 6.42 Å². The second-order valence-electron chi connectivity index (χ2n) is 6.08. The summed E-state index contributed by atoms with van der Waals surface area (Å²) in [7, 11) is 0. The molecule has 0 N–H and O–H groups in total. The van der Waals surface area contributed by atoms with Gasteiger partial charge in [-0.25, -0.2) is 11.4 Å². The lowest BCUT2D eigenvalue weighted by molar-refractivity contribution is 0.0224. The Morgan fingerprint density at radius 2 is 2.00 bits per heavy atom. The third-order valence-electron chi connectivity index (χ3n) is 3.27. The van der Waals surface area contributed by atoms with Crippen LogP contribution in [0.15, 0.2) is 30.3 Å². The van der Waals surface area contributed by atoms with E-state index in [1.165, 1.54) is 0 Å². The number of nitrogens with zero attached hydrogens (tertiary/aromatic N) is 2. The van der Waals surface area contributed by atoms with Crippen LogP contribution in [0.4, 0.5) is 4.79 Å². The summed E-state index contributed by atoms with van der Waals surface area (Å²) < 4.78 is 5.45. The molecule has 1 aliphatic heterocycles. The molecule has 4 nitrogen and oxygen atoms in total. The summed E-state index contributed by atoms with van der Waals surface area (Å²) in [5.74, 6) is 0. The average molecular weight is 272 g/mol. The third kappa shape index (κ3) is 3.30. The topological polar surface area (TPSA) is 33.9 Å². The van der Waals surface area contributed by atoms with E-state index in [1.807, 2.05) is 51.1 Å². The number of amides is 1. The van der Waals surface area contributed by atoms with Crippen molar-refractivity contribution in [3.8, 4) is 0 Å². The van der Waals surface area contributed by atoms with Gasteiger partial charge in [-0.15, -0.1) is 0 Å². The van der Waals surface area contributed by atoms with Gasteiger partial charge in [-0.05, 0) is 26.3 Å². The van der Waals surface area contributed by atoms with Gasteiger partial charge >= 0.3 is 6.09 Å². The fourth-order valence-corrected chi connectivity index (χ4v) is 2.42. The first-order chi connectivity index (χ1) is 9.40. The SMILES string of the molecule is [C-]#[N+][C@@H]1CC(c2ccccc2)N(C(=O)OC(C)(C)C)C1. The predicted octanol–water partition coefficient (Wildman–Crippen LogP) is 3.66. The van der Waals surface area contributed by atoms with Crippen LogP contribution in [0.5, 0.6) is 0 Å². The van der Waals surface area contributed by atoms with E-state index in [-0.39, 0.29) is 18.2 Å². The van der Waals surface area contributed by atoms with Crippen molar-refractivity contribution in [2.45, 2.75) is 44.9 Å². The van der Waals surface area contributed by atoms with Crippen molar-refractivity contribution in [2.75, 3.05) is 6.54 Å². The maximum Gasteiger partial charge on any atom is 0.411 e. The highest BCUT2D eigenvalue weighted by atomic mass is 16.6. The highest BCUT2D eigenvalue weighted by Crippen LogP contribution is 2.34. The van der Waals surface area contributed by atoms with Crippen LogP contribution >= 0.6 is 0 Å². The van der Waals surface area contributed by atoms with Gasteiger partial charge < -0.3 is 9.58 Å². The summed E-state index contributed by atoms with van der Waals surface area (Å²) in [5, 5.41) is 0. The molecule has 0 radical (unpaired) electrons. The van der Waals surface area contributed by atoms with Crippen molar-refractivity contribution < 1.29 is 9.53 Å². The Kier molecular flexibility index (Phi) is 3.99. The zero-order valence-electron chi connectivity index (χ0n) is 12.2. The predicted molar refractivity (Wildman–Crippen MR) is 77.1 cm³/mol. The molecule has 4 heteroatoms. The molecule has 1 aliphatic rings. The maximum absolute atomic E-state index is 12.3. The summed E-state index contributed by atoms with van der Waals surface area (Å²) in [6.07, 6.45) is 0.338. The summed E-state index contributed by atoms with van der Waals surface area (Å²) in [5.41, 5.74) is 0.540. The van der Waals surface area contributed by atoms with E-state index in [0.29, 0.717) is 13.0 Å². The Labute approximate surface area is 120 Å². The molecule has 0 spiro atoms. The first-order valence-electron chi connectivity index (χ1n) is 6.82. The number of benzene rings is 1. The van der Waals surface area contributed by atoms with Crippen LogP contribution in [0.3, 0.4) is 0 Å². The lowest BCUT2D eigenvalue weighted by Gasteiger charge is -2.28. The van der Waals surface area contributed by atoms with Crippen LogP contribution in [0.1, 0.15) is 38.8 Å². The molecular formula is C16H20N2O2. The van der Waals surface area contributed by atoms with E-state index >= 15 is 0 Å². The maximum atomic E-state index is 12.3. The minimum absolute atomic E-state index is 0.0647. The quantitative estimate of drug-likeness (QED) is 0.731. The van der Waals surface area contributed by atoms with E-state index in [1.54, 1.807) is 4.90 Å². The molecule has 0 saturated carbocycles. The van der Waals surface area contributed by atoms with Gasteiger partial charge in [0.2, 0.25) is 6.04 Å². The fourth-order valence-electron chi connectivity index (χ4n) is 2.42. The van der Waals surface area contributed by atoms with Crippen LogP contribution in [0.25, 0.3) is 4.85 Å². The molecule has 1 aromatic rings. The molecule has 1 saturated heterocycles. The number of rotatable bonds is 1. The van der Waals surface area contributed by atoms with Crippen LogP contribution in [0, 0.1) is 6.57 Å². The van der Waals surface area contributed by atoms with Gasteiger partial charge in [0.1, 0.15) is 5.60 Å². The van der Waals surface area contributed by atoms with Gasteiger partial charge in [-0.2, -0.15) is 0 Å². The molecule has 1 amide bonds. The highest BCUT2D eigenvalue weighted by Gasteiger charge is 2.41. The van der Waals surface area contributed by atoms with Crippen molar-refractivity contribution in [2.24, 2.45) is 0 Å². The fraction of sp³-hybridized carbons (Fsp3) is 0.500. The minimum atomic E-state index is -0.519. The first kappa shape index (κ1) is 14.4. The molecule has 0 aliphatic carbocycles. The summed E-state index contributed by atoms with van der Waals surface area (Å²) in [6.45, 7) is 13.2. The lowest BCUT2D eigenvalue weighted by atomic mass is 10.0. The number of hydrogen-bond donors (Lipinski definition) is 0. The summed E-state index contributed by atoms with van der Waals surface area (Å²) in [6, 6.07) is 9.63. The molecule has 1 aromatic carbocycles. The van der Waals surface area contributed by atoms with E-state index in [2.05, 4.69) is 4.85 Å². The minimum Gasteiger partial charge on any atom is -0.444 e. The molecule has 106 valence electrons. The monoisotopic (exact) mass is 272 g/mol. The molecule has 1 heterocycles. The van der Waals surface area contributed by atoms with E-state index in [4.69, 9.17) is 11.3 Å². The summed E-state index contributed by atoms with van der Waals surface area (Å²) in [4.78, 5) is 17.6. The average Bonchev–Trinajstić information content (AvgIpc) is 2.82. The van der Waals surface area contributed by atoms with Gasteiger partial charge in [0.15, 0.2) is 0 Å². The molecular weight excluding hydrogens is 252 g/mol. The number of carbonyl (C=O) groups is 1. The van der Waals surface area contributed by atoms with Crippen molar-refractivity contribution in [1.29, 1.82) is 0 Å². The zero-order chi connectivity index (χ0) is 14.8. The van der Waals surface area contributed by atoms with Crippen molar-refractivity contribution in [3.63, 3.8) is 0 Å². The number of hydrogen-bond acceptors (Lipinski definition) is 2. The molecule has 1 fully saturated rings. The molecule has 2 rings (SSSR count). The van der Waals surface area contributed by atoms with Crippen LogP contribution in [-0.2, 0) is 4.74 Å². The van der Waals surface area contributed by atoms with Crippen molar-refractivity contribution >= 4 is 6.09 Å². The Balaban J connectivity index is 2.21. The number of carbonyl (C=O) groups excluding carboxylic acids is 1. The van der Waals surface area contributed by atoms with Crippen molar-refractivity contribution in [3.05, 3.63) is 47.3 Å². The highest BCUT2D eigenvalue weighted by molar-refractivity contribution is 5.69. The van der Waals surface area contributed by atoms with Crippen LogP contribution in [-0.4, -0.2) is 29.2 Å². The number of likely N-dealkylation sites (tertiary alicyclic amines) is 1. The van der Waals surface area contributed by atoms with Gasteiger partial charge in [-0.3, -0.25) is 4.90 Å². The first-order valence-corrected chi connectivity index (χ1v) is 6.82. The van der Waals surface area contributed by atoms with E-state index in [0.717, 1.165) is 5.56 Å². The van der Waals surface area contributed by atoms with Crippen LogP contribution < -0.4 is 0 Å². The van der Waals surface area contributed by atoms with Gasteiger partial charge in [0.05, 0.1) is 12.6 Å². The zero-order valence-corrected chi connectivity index (χ0v) is 12.2. The molecule has 0 bridgehead atoms. The van der Waals surface area contributed by atoms with Gasteiger partial charge in [-0.1, -0.05) is 30.3 Å². The molecule has 0 aromatic heterocycles. The Bertz CT molecular complexity index is 514. The lowest BCUT2D eigenvalue weighted by Crippen LogP contribution is -2.37. The van der Waals surface area contributed by atoms with E-state index < -0.39 is 5.60 Å². The number of ether oxygens (including phenoxy) is 1. The Morgan fingerprint density at radius 3 is 2.55 bits per heavy atom. The standard InChI is InChI=1S/C16H20N2O2/c1-16(2,3)20-15(19)18-11-13(17-4)10-14(18)12-8-6-5-7-9-12/h5-9,13-14H,10-11H2,1-3H3/t13-,14?/m1/s1. The van der Waals surface area contributed by atoms with Crippen LogP contribution in [0.2, 0.25) is 0 Å². The Hall–Kier alpha value is -2.02. The smallest absolute Gasteiger partial charge is 0.411 e. The normalized spacial score (nSPS) is 22.4. The third-order valence-corrected chi connectivity index (χ3v) is 3.27. The second-order valence-corrected chi connectivity index (χ2v) is 6.08. The second kappa shape index (κ2) is 5.54. The van der Waals surface area contributed by atoms with Gasteiger partial charge in [0.25, 0.3) is 0 Å². The van der Waals surface area contributed by atoms with E-state index in [9.17, 15) is 4.79 Å². The van der Waals surface area contributed by atoms with Crippen molar-refractivity contribution in [1.82, 2.24) is 4.90 Å². The largest absolute Gasteiger partial charge is 0.444 e.